The van der Waals surface area contributed by atoms with E-state index in [0.717, 1.165) is 33.3 Å². The molecule has 0 amide bonds. The Morgan fingerprint density at radius 1 is 1.14 bits per heavy atom. The van der Waals surface area contributed by atoms with Gasteiger partial charge in [-0.1, -0.05) is 30.3 Å². The van der Waals surface area contributed by atoms with Crippen molar-refractivity contribution in [1.82, 2.24) is 9.61 Å². The molecule has 3 heterocycles. The first-order valence-corrected chi connectivity index (χ1v) is 6.68. The Balaban J connectivity index is 2.12. The van der Waals surface area contributed by atoms with Gasteiger partial charge in [-0.05, 0) is 12.1 Å². The van der Waals surface area contributed by atoms with Crippen LogP contribution in [0.1, 0.15) is 5.56 Å². The Morgan fingerprint density at radius 2 is 2.00 bits per heavy atom. The molecule has 100 valence electrons. The first-order chi connectivity index (χ1) is 10.4. The highest BCUT2D eigenvalue weighted by Gasteiger charge is 2.17. The molecule has 4 aromatic rings. The Labute approximate surface area is 120 Å². The first-order valence-electron chi connectivity index (χ1n) is 6.68. The maximum Gasteiger partial charge on any atom is 0.137 e. The van der Waals surface area contributed by atoms with Gasteiger partial charge in [-0.15, -0.1) is 0 Å². The van der Waals surface area contributed by atoms with Crippen LogP contribution in [0.4, 0.5) is 0 Å². The lowest BCUT2D eigenvalue weighted by Gasteiger charge is -1.99. The van der Waals surface area contributed by atoms with Gasteiger partial charge in [0.25, 0.3) is 0 Å². The predicted molar refractivity (Wildman–Crippen MR) is 79.7 cm³/mol. The van der Waals surface area contributed by atoms with E-state index in [1.54, 1.807) is 6.26 Å². The van der Waals surface area contributed by atoms with E-state index in [-0.39, 0.29) is 0 Å². The second-order valence-corrected chi connectivity index (χ2v) is 4.84. The van der Waals surface area contributed by atoms with E-state index in [2.05, 4.69) is 11.2 Å². The largest absolute Gasteiger partial charge is 0.464 e. The summed E-state index contributed by atoms with van der Waals surface area (Å²) in [6.07, 6.45) is 3.85. The first kappa shape index (κ1) is 11.7. The maximum atomic E-state index is 9.18. The van der Waals surface area contributed by atoms with Gasteiger partial charge < -0.3 is 4.42 Å². The van der Waals surface area contributed by atoms with Crippen molar-refractivity contribution < 1.29 is 4.42 Å². The molecule has 1 aromatic carbocycles. The molecule has 4 heteroatoms. The minimum absolute atomic E-state index is 0.317. The van der Waals surface area contributed by atoms with Crippen LogP contribution in [0.15, 0.2) is 59.3 Å². The monoisotopic (exact) mass is 273 g/mol. The molecule has 0 saturated heterocycles. The van der Waals surface area contributed by atoms with Crippen LogP contribution in [-0.4, -0.2) is 9.61 Å². The molecular formula is C17H11N3O. The number of pyridine rings is 1. The summed E-state index contributed by atoms with van der Waals surface area (Å²) in [6, 6.07) is 16.0. The van der Waals surface area contributed by atoms with Gasteiger partial charge in [-0.25, -0.2) is 4.52 Å². The summed E-state index contributed by atoms with van der Waals surface area (Å²) in [5.41, 5.74) is 4.56. The lowest BCUT2D eigenvalue weighted by Crippen LogP contribution is -1.86. The molecule has 0 bridgehead atoms. The van der Waals surface area contributed by atoms with E-state index in [9.17, 15) is 5.26 Å². The van der Waals surface area contributed by atoms with Crippen molar-refractivity contribution in [3.8, 4) is 17.3 Å². The standard InChI is InChI=1S/C17H11N3O/c18-9-6-14-16(12-4-2-1-3-5-12)19-20-10-7-15-13(17(14)20)8-11-21-15/h1-5,7-8,10-11H,6H2. The van der Waals surface area contributed by atoms with Crippen molar-refractivity contribution >= 4 is 16.5 Å². The van der Waals surface area contributed by atoms with E-state index >= 15 is 0 Å². The van der Waals surface area contributed by atoms with Gasteiger partial charge >= 0.3 is 0 Å². The fraction of sp³-hybridized carbons (Fsp3) is 0.0588. The quantitative estimate of drug-likeness (QED) is 0.558. The smallest absolute Gasteiger partial charge is 0.137 e. The van der Waals surface area contributed by atoms with Crippen LogP contribution in [0.2, 0.25) is 0 Å². The van der Waals surface area contributed by atoms with Gasteiger partial charge in [-0.2, -0.15) is 10.4 Å². The molecule has 0 aliphatic carbocycles. The highest BCUT2D eigenvalue weighted by atomic mass is 16.3. The molecular weight excluding hydrogens is 262 g/mol. The van der Waals surface area contributed by atoms with E-state index in [4.69, 9.17) is 4.42 Å². The third kappa shape index (κ3) is 1.72. The average Bonchev–Trinajstić information content (AvgIpc) is 3.12. The normalized spacial score (nSPS) is 11.0. The van der Waals surface area contributed by atoms with E-state index in [1.807, 2.05) is 53.2 Å². The molecule has 0 fully saturated rings. The number of fused-ring (bicyclic) bond motifs is 3. The molecule has 0 aliphatic heterocycles. The van der Waals surface area contributed by atoms with Crippen molar-refractivity contribution in [3.05, 3.63) is 60.5 Å². The molecule has 3 aromatic heterocycles. The zero-order valence-corrected chi connectivity index (χ0v) is 11.2. The molecule has 0 aliphatic rings. The molecule has 4 nitrogen and oxygen atoms in total. The number of aromatic nitrogens is 2. The lowest BCUT2D eigenvalue weighted by atomic mass is 10.0. The second kappa shape index (κ2) is 4.50. The third-order valence-electron chi connectivity index (χ3n) is 3.63. The van der Waals surface area contributed by atoms with Crippen LogP contribution < -0.4 is 0 Å². The molecule has 4 rings (SSSR count). The van der Waals surface area contributed by atoms with Crippen molar-refractivity contribution in [2.45, 2.75) is 6.42 Å². The van der Waals surface area contributed by atoms with E-state index < -0.39 is 0 Å². The Morgan fingerprint density at radius 3 is 2.81 bits per heavy atom. The molecule has 0 N–H and O–H groups in total. The minimum atomic E-state index is 0.317. The van der Waals surface area contributed by atoms with Crippen molar-refractivity contribution in [1.29, 1.82) is 5.26 Å². The summed E-state index contributed by atoms with van der Waals surface area (Å²) in [5.74, 6) is 0. The Bertz CT molecular complexity index is 974. The minimum Gasteiger partial charge on any atom is -0.464 e. The van der Waals surface area contributed by atoms with Crippen LogP contribution in [0.3, 0.4) is 0 Å². The number of nitrogens with zero attached hydrogens (tertiary/aromatic N) is 3. The summed E-state index contributed by atoms with van der Waals surface area (Å²) < 4.78 is 7.28. The zero-order valence-electron chi connectivity index (χ0n) is 11.2. The topological polar surface area (TPSA) is 54.2 Å². The number of hydrogen-bond acceptors (Lipinski definition) is 3. The van der Waals surface area contributed by atoms with Gasteiger partial charge in [-0.3, -0.25) is 0 Å². The summed E-state index contributed by atoms with van der Waals surface area (Å²) in [7, 11) is 0. The molecule has 0 spiro atoms. The molecule has 0 saturated carbocycles. The fourth-order valence-electron chi connectivity index (χ4n) is 2.72. The van der Waals surface area contributed by atoms with Crippen LogP contribution >= 0.6 is 0 Å². The van der Waals surface area contributed by atoms with Gasteiger partial charge in [0.15, 0.2) is 0 Å². The van der Waals surface area contributed by atoms with E-state index in [0.29, 0.717) is 6.42 Å². The number of nitriles is 1. The third-order valence-corrected chi connectivity index (χ3v) is 3.63. The highest BCUT2D eigenvalue weighted by Crippen LogP contribution is 2.31. The molecule has 0 radical (unpaired) electrons. The van der Waals surface area contributed by atoms with Gasteiger partial charge in [0.1, 0.15) is 5.58 Å². The highest BCUT2D eigenvalue weighted by molar-refractivity contribution is 5.96. The van der Waals surface area contributed by atoms with Crippen molar-refractivity contribution in [2.24, 2.45) is 0 Å². The van der Waals surface area contributed by atoms with Gasteiger partial charge in [0.2, 0.25) is 0 Å². The average molecular weight is 273 g/mol. The lowest BCUT2D eigenvalue weighted by molar-refractivity contribution is 0.615. The maximum absolute atomic E-state index is 9.18. The summed E-state index contributed by atoms with van der Waals surface area (Å²) in [6.45, 7) is 0. The van der Waals surface area contributed by atoms with Crippen LogP contribution in [0.25, 0.3) is 27.7 Å². The summed E-state index contributed by atoms with van der Waals surface area (Å²) in [5, 5.41) is 14.8. The van der Waals surface area contributed by atoms with Gasteiger partial charge in [0.05, 0.1) is 30.0 Å². The van der Waals surface area contributed by atoms with Crippen molar-refractivity contribution in [2.75, 3.05) is 0 Å². The van der Waals surface area contributed by atoms with Crippen LogP contribution in [-0.2, 0) is 6.42 Å². The summed E-state index contributed by atoms with van der Waals surface area (Å²) in [4.78, 5) is 0. The zero-order chi connectivity index (χ0) is 14.2. The predicted octanol–water partition coefficient (Wildman–Crippen LogP) is 3.81. The number of furan rings is 1. The van der Waals surface area contributed by atoms with Crippen LogP contribution in [0, 0.1) is 11.3 Å². The molecule has 0 atom stereocenters. The summed E-state index contributed by atoms with van der Waals surface area (Å²) >= 11 is 0. The Kier molecular flexibility index (Phi) is 2.51. The molecule has 0 unspecified atom stereocenters. The number of benzene rings is 1. The number of rotatable bonds is 2. The SMILES string of the molecule is N#CCc1c(-c2ccccc2)nn2ccc3occc3c12. The molecule has 21 heavy (non-hydrogen) atoms. The van der Waals surface area contributed by atoms with Crippen molar-refractivity contribution in [3.63, 3.8) is 0 Å². The fourth-order valence-corrected chi connectivity index (χ4v) is 2.72. The second-order valence-electron chi connectivity index (χ2n) is 4.84. The van der Waals surface area contributed by atoms with E-state index in [1.165, 1.54) is 0 Å². The number of hydrogen-bond donors (Lipinski definition) is 0. The van der Waals surface area contributed by atoms with Crippen LogP contribution in [0.5, 0.6) is 0 Å². The Hall–Kier alpha value is -3.06. The van der Waals surface area contributed by atoms with Gasteiger partial charge in [0, 0.05) is 22.7 Å².